The van der Waals surface area contributed by atoms with E-state index in [0.717, 1.165) is 27.2 Å². The van der Waals surface area contributed by atoms with Gasteiger partial charge in [0.05, 0.1) is 10.2 Å². The largest absolute Gasteiger partial charge is 0.738 e. The summed E-state index contributed by atoms with van der Waals surface area (Å²) in [6, 6.07) is 6.00. The Balaban J connectivity index is 2.12. The predicted molar refractivity (Wildman–Crippen MR) is 91.2 cm³/mol. The maximum Gasteiger partial charge on any atom is 0.738 e. The van der Waals surface area contributed by atoms with Crippen molar-refractivity contribution in [3.05, 3.63) is 75.7 Å². The first-order chi connectivity index (χ1) is 11.3. The number of fused-ring (bicyclic) bond motifs is 2. The highest BCUT2D eigenvalue weighted by Gasteiger charge is 2.54. The van der Waals surface area contributed by atoms with Crippen molar-refractivity contribution in [2.24, 2.45) is 0 Å². The molecule has 3 heterocycles. The van der Waals surface area contributed by atoms with E-state index in [9.17, 15) is 17.4 Å². The lowest BCUT2D eigenvalue weighted by molar-refractivity contribution is -0.358. The summed E-state index contributed by atoms with van der Waals surface area (Å²) >= 11 is 6.26. The first-order valence-corrected chi connectivity index (χ1v) is 8.49. The van der Waals surface area contributed by atoms with Crippen molar-refractivity contribution in [3.8, 4) is 0 Å². The van der Waals surface area contributed by atoms with Gasteiger partial charge in [-0.05, 0) is 45.8 Å². The fourth-order valence-electron chi connectivity index (χ4n) is 3.13. The minimum absolute atomic E-state index is 0.183. The molecule has 0 bridgehead atoms. The molecule has 0 unspecified atom stereocenters. The van der Waals surface area contributed by atoms with Crippen LogP contribution in [-0.4, -0.2) is 20.6 Å². The van der Waals surface area contributed by atoms with Crippen molar-refractivity contribution < 1.29 is 21.9 Å². The standard InChI is InChI=1S/C15H7BBr2F4N2/c17-13-3-1-11-15(8-5-9(19)7-10(20)6-8)12-2-4-14(18)24(12)16(21,22)23(11)13/h1-7H. The molecule has 2 aromatic rings. The second kappa shape index (κ2) is 5.19. The second-order valence-electron chi connectivity index (χ2n) is 5.44. The monoisotopic (exact) mass is 460 g/mol. The lowest BCUT2D eigenvalue weighted by Crippen LogP contribution is -2.50. The third-order valence-electron chi connectivity index (χ3n) is 4.02. The number of hydrogen-bond acceptors (Lipinski definition) is 0. The Bertz CT molecular complexity index is 971. The number of rotatable bonds is 1. The molecule has 2 aliphatic heterocycles. The third-order valence-corrected chi connectivity index (χ3v) is 5.31. The van der Waals surface area contributed by atoms with Gasteiger partial charge in [0.25, 0.3) is 0 Å². The Kier molecular flexibility index (Phi) is 3.44. The molecule has 0 aliphatic carbocycles. The van der Waals surface area contributed by atoms with Crippen LogP contribution in [0.2, 0.25) is 0 Å². The minimum atomic E-state index is -4.15. The maximum absolute atomic E-state index is 15.0. The van der Waals surface area contributed by atoms with Crippen LogP contribution in [0.25, 0.3) is 5.57 Å². The lowest BCUT2D eigenvalue weighted by Gasteiger charge is -2.32. The summed E-state index contributed by atoms with van der Waals surface area (Å²) in [5.74, 6) is -1.54. The lowest BCUT2D eigenvalue weighted by atomic mass is 9.86. The van der Waals surface area contributed by atoms with Gasteiger partial charge in [0.2, 0.25) is 4.62 Å². The number of benzene rings is 1. The third kappa shape index (κ3) is 2.10. The van der Waals surface area contributed by atoms with Crippen LogP contribution in [0.4, 0.5) is 17.4 Å². The van der Waals surface area contributed by atoms with E-state index < -0.39 is 18.6 Å². The number of aromatic nitrogens is 1. The van der Waals surface area contributed by atoms with Crippen LogP contribution in [0.3, 0.4) is 0 Å². The first kappa shape index (κ1) is 15.9. The minimum Gasteiger partial charge on any atom is -0.389 e. The number of allylic oxidation sites excluding steroid dienone is 2. The molecular formula is C15H7BBr2F4N2. The van der Waals surface area contributed by atoms with Crippen LogP contribution in [0.5, 0.6) is 0 Å². The van der Waals surface area contributed by atoms with Gasteiger partial charge in [-0.15, -0.1) is 0 Å². The molecule has 0 fully saturated rings. The fraction of sp³-hybridized carbons (Fsp3) is 0. The number of halogens is 6. The van der Waals surface area contributed by atoms with Gasteiger partial charge in [0, 0.05) is 39.8 Å². The summed E-state index contributed by atoms with van der Waals surface area (Å²) in [4.78, 5) is 0. The Hall–Kier alpha value is -1.61. The molecule has 0 saturated carbocycles. The fourth-order valence-corrected chi connectivity index (χ4v) is 4.27. The average molecular weight is 462 g/mol. The normalized spacial score (nSPS) is 18.2. The van der Waals surface area contributed by atoms with E-state index in [0.29, 0.717) is 5.57 Å². The topological polar surface area (TPSA) is 7.94 Å². The van der Waals surface area contributed by atoms with Gasteiger partial charge in [-0.2, -0.15) is 0 Å². The first-order valence-electron chi connectivity index (χ1n) is 6.91. The molecule has 0 spiro atoms. The van der Waals surface area contributed by atoms with Crippen molar-refractivity contribution in [2.45, 2.75) is 0 Å². The van der Waals surface area contributed by atoms with E-state index >= 15 is 0 Å². The summed E-state index contributed by atoms with van der Waals surface area (Å²) in [6.07, 6.45) is 2.99. The van der Waals surface area contributed by atoms with Gasteiger partial charge in [0.15, 0.2) is 5.70 Å². The van der Waals surface area contributed by atoms with Crippen molar-refractivity contribution in [2.75, 3.05) is 0 Å². The Labute approximate surface area is 151 Å². The highest BCUT2D eigenvalue weighted by atomic mass is 79.9. The zero-order chi connectivity index (χ0) is 17.2. The van der Waals surface area contributed by atoms with Crippen LogP contribution >= 0.6 is 31.9 Å². The van der Waals surface area contributed by atoms with Gasteiger partial charge in [-0.1, -0.05) is 0 Å². The van der Waals surface area contributed by atoms with Crippen LogP contribution < -0.4 is 0 Å². The molecule has 1 aromatic carbocycles. The van der Waals surface area contributed by atoms with E-state index in [2.05, 4.69) is 31.9 Å². The van der Waals surface area contributed by atoms with Crippen LogP contribution in [0, 0.1) is 11.6 Å². The average Bonchev–Trinajstić information content (AvgIpc) is 3.03. The molecule has 2 nitrogen and oxygen atoms in total. The van der Waals surface area contributed by atoms with Crippen LogP contribution in [0.1, 0.15) is 11.3 Å². The van der Waals surface area contributed by atoms with Gasteiger partial charge in [-0.25, -0.2) is 8.78 Å². The van der Waals surface area contributed by atoms with E-state index in [-0.39, 0.29) is 26.2 Å². The smallest absolute Gasteiger partial charge is 0.389 e. The SMILES string of the molecule is Fc1cc(F)cc(C2=C3C=CC(Br)=[N+]3[B-](F)(F)n3c(Br)ccc32)c1. The molecular weight excluding hydrogens is 455 g/mol. The highest BCUT2D eigenvalue weighted by molar-refractivity contribution is 9.18. The molecule has 2 aliphatic rings. The summed E-state index contributed by atoms with van der Waals surface area (Å²) < 4.78 is 59.4. The van der Waals surface area contributed by atoms with Crippen molar-refractivity contribution in [1.29, 1.82) is 0 Å². The van der Waals surface area contributed by atoms with Gasteiger partial charge < -0.3 is 17.6 Å². The summed E-state index contributed by atoms with van der Waals surface area (Å²) in [5, 5.41) is 0. The van der Waals surface area contributed by atoms with Crippen molar-refractivity contribution in [1.82, 2.24) is 4.48 Å². The molecule has 4 rings (SSSR count). The highest BCUT2D eigenvalue weighted by Crippen LogP contribution is 2.42. The number of nitrogens with zero attached hydrogens (tertiary/aromatic N) is 2. The zero-order valence-electron chi connectivity index (χ0n) is 11.8. The Morgan fingerprint density at radius 2 is 1.62 bits per heavy atom. The van der Waals surface area contributed by atoms with E-state index in [1.165, 1.54) is 24.3 Å². The molecule has 1 aromatic heterocycles. The van der Waals surface area contributed by atoms with Crippen molar-refractivity contribution >= 4 is 49.0 Å². The molecule has 0 amide bonds. The van der Waals surface area contributed by atoms with Crippen LogP contribution in [-0.2, 0) is 0 Å². The quantitative estimate of drug-likeness (QED) is 0.421. The predicted octanol–water partition coefficient (Wildman–Crippen LogP) is 4.90. The summed E-state index contributed by atoms with van der Waals surface area (Å²) in [5.41, 5.74) is 0.903. The van der Waals surface area contributed by atoms with Crippen molar-refractivity contribution in [3.63, 3.8) is 0 Å². The Morgan fingerprint density at radius 1 is 0.958 bits per heavy atom. The molecule has 0 atom stereocenters. The Morgan fingerprint density at radius 3 is 2.29 bits per heavy atom. The molecule has 0 N–H and O–H groups in total. The molecule has 122 valence electrons. The summed E-state index contributed by atoms with van der Waals surface area (Å²) in [7, 11) is 0. The maximum atomic E-state index is 15.0. The second-order valence-corrected chi connectivity index (χ2v) is 7.07. The van der Waals surface area contributed by atoms with Crippen LogP contribution in [0.15, 0.2) is 52.8 Å². The van der Waals surface area contributed by atoms with E-state index in [1.807, 2.05) is 0 Å². The summed E-state index contributed by atoms with van der Waals surface area (Å²) in [6.45, 7) is -4.15. The van der Waals surface area contributed by atoms with Gasteiger partial charge >= 0.3 is 6.97 Å². The molecule has 24 heavy (non-hydrogen) atoms. The van der Waals surface area contributed by atoms with E-state index in [1.54, 1.807) is 0 Å². The zero-order valence-corrected chi connectivity index (χ0v) is 15.0. The molecule has 0 saturated heterocycles. The molecule has 0 radical (unpaired) electrons. The number of hydrogen-bond donors (Lipinski definition) is 0. The van der Waals surface area contributed by atoms with Gasteiger partial charge in [-0.3, -0.25) is 0 Å². The van der Waals surface area contributed by atoms with E-state index in [4.69, 9.17) is 0 Å². The van der Waals surface area contributed by atoms with Gasteiger partial charge in [0.1, 0.15) is 11.6 Å². The molecule has 9 heteroatoms.